The molecule has 0 aliphatic carbocycles. The Hall–Kier alpha value is -1.04. The molecular formula is C10H14. The third-order valence-corrected chi connectivity index (χ3v) is 1.18. The van der Waals surface area contributed by atoms with Crippen molar-refractivity contribution in [3.63, 3.8) is 0 Å². The van der Waals surface area contributed by atoms with Crippen LogP contribution in [0.25, 0.3) is 0 Å². The lowest BCUT2D eigenvalue weighted by atomic mass is 10.1. The van der Waals surface area contributed by atoms with E-state index in [1.54, 1.807) is 0 Å². The van der Waals surface area contributed by atoms with Gasteiger partial charge in [0, 0.05) is 0 Å². The number of hydrogen-bond donors (Lipinski definition) is 0. The molecule has 0 aromatic rings. The van der Waals surface area contributed by atoms with Crippen molar-refractivity contribution in [3.05, 3.63) is 48.6 Å². The summed E-state index contributed by atoms with van der Waals surface area (Å²) in [4.78, 5) is 0. The summed E-state index contributed by atoms with van der Waals surface area (Å²) in [5.74, 6) is 0. The van der Waals surface area contributed by atoms with E-state index in [1.807, 2.05) is 38.2 Å². The van der Waals surface area contributed by atoms with E-state index in [4.69, 9.17) is 0 Å². The predicted octanol–water partition coefficient (Wildman–Crippen LogP) is 3.25. The smallest absolute Gasteiger partial charge is 0.0239 e. The first-order valence-electron chi connectivity index (χ1n) is 3.33. The average molecular weight is 134 g/mol. The van der Waals surface area contributed by atoms with Crippen LogP contribution in [-0.2, 0) is 0 Å². The second-order valence-corrected chi connectivity index (χ2v) is 2.13. The zero-order valence-corrected chi connectivity index (χ0v) is 6.72. The van der Waals surface area contributed by atoms with Gasteiger partial charge in [-0.25, -0.2) is 0 Å². The molecule has 0 N–H and O–H groups in total. The zero-order valence-electron chi connectivity index (χ0n) is 6.72. The molecule has 0 rings (SSSR count). The van der Waals surface area contributed by atoms with Crippen molar-refractivity contribution in [2.24, 2.45) is 0 Å². The van der Waals surface area contributed by atoms with Crippen LogP contribution < -0.4 is 0 Å². The molecule has 0 aromatic heterocycles. The van der Waals surface area contributed by atoms with Crippen LogP contribution in [0, 0.1) is 0 Å². The highest BCUT2D eigenvalue weighted by molar-refractivity contribution is 5.37. The Kier molecular flexibility index (Phi) is 4.30. The normalized spacial score (nSPS) is 12.0. The lowest BCUT2D eigenvalue weighted by Gasteiger charge is -1.95. The first kappa shape index (κ1) is 8.96. The third kappa shape index (κ3) is 3.08. The summed E-state index contributed by atoms with van der Waals surface area (Å²) in [6.45, 7) is 11.4. The van der Waals surface area contributed by atoms with Gasteiger partial charge in [0.25, 0.3) is 0 Å². The summed E-state index contributed by atoms with van der Waals surface area (Å²) in [6.07, 6.45) is 7.76. The summed E-state index contributed by atoms with van der Waals surface area (Å²) >= 11 is 0. The maximum atomic E-state index is 3.81. The van der Waals surface area contributed by atoms with Crippen LogP contribution in [0.4, 0.5) is 0 Å². The standard InChI is InChI=1S/C10H14/c1-5-7-8-10(6-2)9(3)4/h5-8H,2-3H2,1,4H3/b7-5-,10-8-. The topological polar surface area (TPSA) is 0 Å². The third-order valence-electron chi connectivity index (χ3n) is 1.18. The summed E-state index contributed by atoms with van der Waals surface area (Å²) in [7, 11) is 0. The molecule has 0 aromatic carbocycles. The Balaban J connectivity index is 4.33. The van der Waals surface area contributed by atoms with E-state index in [9.17, 15) is 0 Å². The van der Waals surface area contributed by atoms with E-state index in [-0.39, 0.29) is 0 Å². The Labute approximate surface area is 63.3 Å². The molecule has 54 valence electrons. The van der Waals surface area contributed by atoms with Crippen molar-refractivity contribution in [1.82, 2.24) is 0 Å². The molecular weight excluding hydrogens is 120 g/mol. The highest BCUT2D eigenvalue weighted by atomic mass is 13.9. The van der Waals surface area contributed by atoms with Crippen LogP contribution in [0.3, 0.4) is 0 Å². The maximum Gasteiger partial charge on any atom is -0.0239 e. The lowest BCUT2D eigenvalue weighted by molar-refractivity contribution is 1.46. The molecule has 0 amide bonds. The molecule has 0 unspecified atom stereocenters. The number of hydrogen-bond acceptors (Lipinski definition) is 0. The molecule has 0 nitrogen and oxygen atoms in total. The molecule has 0 heteroatoms. The van der Waals surface area contributed by atoms with E-state index < -0.39 is 0 Å². The molecule has 0 aliphatic heterocycles. The first-order chi connectivity index (χ1) is 4.72. The molecule has 0 bridgehead atoms. The summed E-state index contributed by atoms with van der Waals surface area (Å²) in [5, 5.41) is 0. The largest absolute Gasteiger partial charge is 0.0985 e. The van der Waals surface area contributed by atoms with Crippen molar-refractivity contribution >= 4 is 0 Å². The van der Waals surface area contributed by atoms with Gasteiger partial charge in [-0.3, -0.25) is 0 Å². The van der Waals surface area contributed by atoms with Gasteiger partial charge in [0.1, 0.15) is 0 Å². The molecule has 10 heavy (non-hydrogen) atoms. The van der Waals surface area contributed by atoms with Crippen LogP contribution in [-0.4, -0.2) is 0 Å². The minimum absolute atomic E-state index is 1.05. The summed E-state index contributed by atoms with van der Waals surface area (Å²) in [5.41, 5.74) is 2.14. The molecule has 0 radical (unpaired) electrons. The van der Waals surface area contributed by atoms with Gasteiger partial charge < -0.3 is 0 Å². The van der Waals surface area contributed by atoms with Crippen LogP contribution in [0.2, 0.25) is 0 Å². The first-order valence-corrected chi connectivity index (χ1v) is 3.33. The summed E-state index contributed by atoms with van der Waals surface area (Å²) < 4.78 is 0. The SMILES string of the molecule is C=C/C(=C/C=C\C)C(=C)C. The second-order valence-electron chi connectivity index (χ2n) is 2.13. The van der Waals surface area contributed by atoms with E-state index in [1.165, 1.54) is 0 Å². The van der Waals surface area contributed by atoms with Crippen molar-refractivity contribution in [3.8, 4) is 0 Å². The predicted molar refractivity (Wildman–Crippen MR) is 47.9 cm³/mol. The Bertz CT molecular complexity index is 180. The van der Waals surface area contributed by atoms with Crippen molar-refractivity contribution in [2.45, 2.75) is 13.8 Å². The van der Waals surface area contributed by atoms with Crippen LogP contribution in [0.5, 0.6) is 0 Å². The van der Waals surface area contributed by atoms with Gasteiger partial charge in [-0.05, 0) is 19.4 Å². The fourth-order valence-corrected chi connectivity index (χ4v) is 0.584. The highest BCUT2D eigenvalue weighted by Gasteiger charge is 1.86. The van der Waals surface area contributed by atoms with Gasteiger partial charge in [-0.1, -0.05) is 43.0 Å². The lowest BCUT2D eigenvalue weighted by Crippen LogP contribution is -1.75. The zero-order chi connectivity index (χ0) is 7.98. The molecule has 0 aliphatic rings. The van der Waals surface area contributed by atoms with Crippen molar-refractivity contribution in [1.29, 1.82) is 0 Å². The molecule has 0 fully saturated rings. The molecule has 0 saturated heterocycles. The number of allylic oxidation sites excluding steroid dienone is 6. The Morgan fingerprint density at radius 3 is 2.30 bits per heavy atom. The van der Waals surface area contributed by atoms with Crippen molar-refractivity contribution < 1.29 is 0 Å². The van der Waals surface area contributed by atoms with Gasteiger partial charge in [0.05, 0.1) is 0 Å². The van der Waals surface area contributed by atoms with Crippen LogP contribution in [0.15, 0.2) is 48.6 Å². The van der Waals surface area contributed by atoms with Gasteiger partial charge in [0.2, 0.25) is 0 Å². The minimum atomic E-state index is 1.05. The Morgan fingerprint density at radius 1 is 1.40 bits per heavy atom. The fraction of sp³-hybridized carbons (Fsp3) is 0.200. The number of rotatable bonds is 3. The Morgan fingerprint density at radius 2 is 2.00 bits per heavy atom. The van der Waals surface area contributed by atoms with Gasteiger partial charge in [-0.2, -0.15) is 0 Å². The van der Waals surface area contributed by atoms with E-state index >= 15 is 0 Å². The molecule has 0 spiro atoms. The molecule has 0 atom stereocenters. The van der Waals surface area contributed by atoms with Crippen LogP contribution in [0.1, 0.15) is 13.8 Å². The summed E-state index contributed by atoms with van der Waals surface area (Å²) in [6, 6.07) is 0. The van der Waals surface area contributed by atoms with Gasteiger partial charge >= 0.3 is 0 Å². The van der Waals surface area contributed by atoms with Crippen LogP contribution >= 0.6 is 0 Å². The molecule has 0 heterocycles. The van der Waals surface area contributed by atoms with E-state index in [0.29, 0.717) is 0 Å². The fourth-order valence-electron chi connectivity index (χ4n) is 0.584. The maximum absolute atomic E-state index is 3.81. The quantitative estimate of drug-likeness (QED) is 0.520. The van der Waals surface area contributed by atoms with E-state index in [0.717, 1.165) is 11.1 Å². The van der Waals surface area contributed by atoms with Gasteiger partial charge in [-0.15, -0.1) is 0 Å². The monoisotopic (exact) mass is 134 g/mol. The molecule has 0 saturated carbocycles. The second kappa shape index (κ2) is 4.80. The van der Waals surface area contributed by atoms with E-state index in [2.05, 4.69) is 13.2 Å². The van der Waals surface area contributed by atoms with Gasteiger partial charge in [0.15, 0.2) is 0 Å². The average Bonchev–Trinajstić information content (AvgIpc) is 1.89. The van der Waals surface area contributed by atoms with Crippen molar-refractivity contribution in [2.75, 3.05) is 0 Å². The minimum Gasteiger partial charge on any atom is -0.0985 e. The highest BCUT2D eigenvalue weighted by Crippen LogP contribution is 2.06.